The number of halogens is 3. The largest absolute Gasteiger partial charge is 0.468 e. The molecule has 82 heavy (non-hydrogen) atoms. The minimum Gasteiger partial charge on any atom is -0.468 e. The predicted octanol–water partition coefficient (Wildman–Crippen LogP) is 10.5. The summed E-state index contributed by atoms with van der Waals surface area (Å²) in [5.41, 5.74) is 4.18. The molecule has 1 amide bonds. The van der Waals surface area contributed by atoms with Crippen molar-refractivity contribution in [3.05, 3.63) is 141 Å². The molecule has 5 fully saturated rings. The molecule has 2 aliphatic carbocycles. The molecule has 4 aliphatic heterocycles. The van der Waals surface area contributed by atoms with Crippen molar-refractivity contribution in [2.45, 2.75) is 126 Å². The zero-order chi connectivity index (χ0) is 57.2. The molecule has 0 bridgehead atoms. The lowest BCUT2D eigenvalue weighted by Crippen LogP contribution is -2.60. The second kappa shape index (κ2) is 22.1. The molecule has 17 nitrogen and oxygen atoms in total. The molecule has 3 atom stereocenters. The lowest BCUT2D eigenvalue weighted by atomic mass is 9.59. The number of sulfonamides is 1. The Morgan fingerprint density at radius 1 is 0.915 bits per heavy atom. The van der Waals surface area contributed by atoms with E-state index in [4.69, 9.17) is 9.47 Å². The van der Waals surface area contributed by atoms with Crippen LogP contribution >= 0.6 is 0 Å². The molecule has 21 heteroatoms. The third-order valence-electron chi connectivity index (χ3n) is 18.5. The van der Waals surface area contributed by atoms with E-state index >= 15 is 4.39 Å². The number of pyridine rings is 1. The number of aromatic nitrogens is 2. The van der Waals surface area contributed by atoms with Gasteiger partial charge in [0.1, 0.15) is 28.9 Å². The van der Waals surface area contributed by atoms with Crippen LogP contribution in [0.3, 0.4) is 0 Å². The van der Waals surface area contributed by atoms with Crippen molar-refractivity contribution < 1.29 is 45.9 Å². The van der Waals surface area contributed by atoms with Crippen LogP contribution in [0.4, 0.5) is 41.6 Å². The first-order chi connectivity index (χ1) is 39.3. The number of nitrogens with one attached hydrogen (secondary N) is 3. The molecular formula is C61H70F3N9O8S. The SMILES string of the molecule is CC(C)c1ccccc1[C@@H]1CN(Cc2ccc(F)c(F)c2)CCN1C1CC2(CCN(c3ccc(C(=O)NS(=O)(=O)c4ccc(NCC5CCC(C)(O)CC5)c([N+](=O)[O-])c4)c(N4c5cc6c(F)c[nH]c6nc5O[C@H]5COCC[C@@H]54)c3)CC2)C1. The van der Waals surface area contributed by atoms with Crippen LogP contribution in [-0.4, -0.2) is 120 Å². The number of amides is 1. The van der Waals surface area contributed by atoms with Crippen LogP contribution in [0.25, 0.3) is 11.0 Å². The van der Waals surface area contributed by atoms with Crippen LogP contribution in [0, 0.1) is 38.9 Å². The molecule has 0 unspecified atom stereocenters. The minimum atomic E-state index is -4.71. The Morgan fingerprint density at radius 2 is 1.70 bits per heavy atom. The number of benzene rings is 4. The lowest BCUT2D eigenvalue weighted by molar-refractivity contribution is -0.384. The smallest absolute Gasteiger partial charge is 0.293 e. The van der Waals surface area contributed by atoms with E-state index in [0.29, 0.717) is 62.3 Å². The van der Waals surface area contributed by atoms with Gasteiger partial charge in [-0.05, 0) is 147 Å². The Hall–Kier alpha value is -6.78. The van der Waals surface area contributed by atoms with E-state index < -0.39 is 66.6 Å². The van der Waals surface area contributed by atoms with Gasteiger partial charge < -0.3 is 34.7 Å². The number of nitro groups is 1. The highest BCUT2D eigenvalue weighted by Crippen LogP contribution is 2.54. The third kappa shape index (κ3) is 11.0. The highest BCUT2D eigenvalue weighted by atomic mass is 32.2. The molecule has 1 spiro atoms. The number of piperazine rings is 1. The van der Waals surface area contributed by atoms with Crippen molar-refractivity contribution in [3.8, 4) is 5.88 Å². The van der Waals surface area contributed by atoms with Gasteiger partial charge in [0, 0.05) is 82.5 Å². The van der Waals surface area contributed by atoms with Crippen molar-refractivity contribution >= 4 is 55.4 Å². The molecule has 6 aromatic rings. The van der Waals surface area contributed by atoms with Crippen LogP contribution in [0.15, 0.2) is 96.0 Å². The average Bonchev–Trinajstić information content (AvgIpc) is 1.75. The first-order valence-corrected chi connectivity index (χ1v) is 30.2. The molecule has 12 rings (SSSR count). The van der Waals surface area contributed by atoms with Crippen molar-refractivity contribution in [2.24, 2.45) is 11.3 Å². The summed E-state index contributed by atoms with van der Waals surface area (Å²) in [7, 11) is -4.71. The number of ether oxygens (including phenoxy) is 2. The summed E-state index contributed by atoms with van der Waals surface area (Å²) in [4.78, 5) is 42.9. The van der Waals surface area contributed by atoms with Crippen molar-refractivity contribution in [2.75, 3.05) is 67.6 Å². The Bertz CT molecular complexity index is 3520. The summed E-state index contributed by atoms with van der Waals surface area (Å²) in [5, 5.41) is 26.2. The fraction of sp³-hybridized carbons (Fsp3) is 0.475. The molecule has 2 aromatic heterocycles. The van der Waals surface area contributed by atoms with Crippen LogP contribution in [0.2, 0.25) is 0 Å². The predicted molar refractivity (Wildman–Crippen MR) is 306 cm³/mol. The number of H-pyrrole nitrogens is 1. The second-order valence-electron chi connectivity index (χ2n) is 24.3. The normalized spacial score (nSPS) is 24.2. The standard InChI is InChI=1S/C61H70F3N9O8S/c1-37(2)43-6-4-5-7-44(43)55-35-69(34-39-8-12-47(62)48(63)26-39)23-24-71(55)41-30-61(31-41)19-21-70(22-20-61)40-9-11-45(52(27-40)72-51-16-25-80-36-56(51)81-59-54(72)29-46-49(64)33-66-57(46)67-59)58(74)68-82(78,79)42-10-13-50(53(28-42)73(76)77)65-32-38-14-17-60(3,75)18-15-38/h4-13,26-29,33,37-38,41,51,55-56,65,75H,14-25,30-32,34-36H2,1-3H3,(H,66,67)(H,68,74)/t38?,51-,55-,56-,60?/m0/s1. The first kappa shape index (κ1) is 55.7. The van der Waals surface area contributed by atoms with E-state index in [1.54, 1.807) is 25.1 Å². The van der Waals surface area contributed by atoms with Gasteiger partial charge in [-0.3, -0.25) is 24.7 Å². The Labute approximate surface area is 475 Å². The van der Waals surface area contributed by atoms with Crippen molar-refractivity contribution in [3.63, 3.8) is 0 Å². The van der Waals surface area contributed by atoms with Crippen LogP contribution < -0.4 is 24.6 Å². The van der Waals surface area contributed by atoms with Gasteiger partial charge in [-0.2, -0.15) is 4.98 Å². The number of nitrogens with zero attached hydrogens (tertiary/aromatic N) is 6. The zero-order valence-corrected chi connectivity index (χ0v) is 47.2. The second-order valence-corrected chi connectivity index (χ2v) is 25.9. The maximum atomic E-state index is 15.4. The molecule has 4 N–H and O–H groups in total. The lowest BCUT2D eigenvalue weighted by Gasteiger charge is -2.58. The van der Waals surface area contributed by atoms with Gasteiger partial charge in [0.05, 0.1) is 44.7 Å². The quantitative estimate of drug-likeness (QED) is 0.0593. The molecular weight excluding hydrogens is 1080 g/mol. The van der Waals surface area contributed by atoms with Gasteiger partial charge in [0.2, 0.25) is 5.88 Å². The molecule has 434 valence electrons. The third-order valence-corrected chi connectivity index (χ3v) is 19.8. The van der Waals surface area contributed by atoms with Crippen LogP contribution in [-0.2, 0) is 21.3 Å². The molecule has 6 aliphatic rings. The fourth-order valence-electron chi connectivity index (χ4n) is 13.8. The van der Waals surface area contributed by atoms with E-state index in [-0.39, 0.29) is 52.1 Å². The van der Waals surface area contributed by atoms with Crippen LogP contribution in [0.5, 0.6) is 5.88 Å². The Kier molecular flexibility index (Phi) is 15.0. The summed E-state index contributed by atoms with van der Waals surface area (Å²) in [6.45, 7) is 11.6. The number of rotatable bonds is 14. The van der Waals surface area contributed by atoms with Gasteiger partial charge in [-0.25, -0.2) is 26.3 Å². The molecule has 4 aromatic carbocycles. The van der Waals surface area contributed by atoms with Gasteiger partial charge >= 0.3 is 0 Å². The monoisotopic (exact) mass is 1150 g/mol. The molecule has 3 saturated heterocycles. The number of aliphatic hydroxyl groups is 1. The van der Waals surface area contributed by atoms with E-state index in [1.807, 2.05) is 17.0 Å². The fourth-order valence-corrected chi connectivity index (χ4v) is 14.8. The maximum absolute atomic E-state index is 15.4. The molecule has 2 saturated carbocycles. The highest BCUT2D eigenvalue weighted by Gasteiger charge is 2.50. The van der Waals surface area contributed by atoms with Gasteiger partial charge in [-0.1, -0.05) is 44.2 Å². The first-order valence-electron chi connectivity index (χ1n) is 28.7. The summed E-state index contributed by atoms with van der Waals surface area (Å²) < 4.78 is 86.7. The maximum Gasteiger partial charge on any atom is 0.293 e. The summed E-state index contributed by atoms with van der Waals surface area (Å²) in [6.07, 6.45) is 7.68. The minimum absolute atomic E-state index is 0.00636. The molecule has 6 heterocycles. The molecule has 0 radical (unpaired) electrons. The zero-order valence-electron chi connectivity index (χ0n) is 46.4. The number of piperidine rings is 1. The van der Waals surface area contributed by atoms with E-state index in [1.165, 1.54) is 41.6 Å². The Morgan fingerprint density at radius 3 is 2.45 bits per heavy atom. The number of fused-ring (bicyclic) bond motifs is 3. The summed E-state index contributed by atoms with van der Waals surface area (Å²) >= 11 is 0. The van der Waals surface area contributed by atoms with Crippen molar-refractivity contribution in [1.29, 1.82) is 0 Å². The summed E-state index contributed by atoms with van der Waals surface area (Å²) in [6, 6.07) is 23.3. The van der Waals surface area contributed by atoms with E-state index in [9.17, 15) is 37.2 Å². The van der Waals surface area contributed by atoms with Gasteiger partial charge in [0.15, 0.2) is 11.6 Å². The van der Waals surface area contributed by atoms with E-state index in [2.05, 4.69) is 72.8 Å². The number of nitro benzene ring substituents is 1. The van der Waals surface area contributed by atoms with Gasteiger partial charge in [-0.15, -0.1) is 0 Å². The number of hydrogen-bond donors (Lipinski definition) is 4. The van der Waals surface area contributed by atoms with Crippen LogP contribution in [0.1, 0.15) is 118 Å². The topological polar surface area (TPSA) is 199 Å². The number of hydrogen-bond acceptors (Lipinski definition) is 14. The highest BCUT2D eigenvalue weighted by molar-refractivity contribution is 7.90. The number of carbonyl (C=O) groups is 1. The van der Waals surface area contributed by atoms with E-state index in [0.717, 1.165) is 88.6 Å². The number of carbonyl (C=O) groups excluding carboxylic acids is 1. The number of anilines is 4. The van der Waals surface area contributed by atoms with Crippen molar-refractivity contribution in [1.82, 2.24) is 24.5 Å². The number of aromatic amines is 1. The summed E-state index contributed by atoms with van der Waals surface area (Å²) in [5.74, 6) is -2.54. The van der Waals surface area contributed by atoms with Gasteiger partial charge in [0.25, 0.3) is 21.6 Å². The Balaban J connectivity index is 0.807. The average molecular weight is 1150 g/mol.